The third kappa shape index (κ3) is 4.66. The van der Waals surface area contributed by atoms with Crippen molar-refractivity contribution in [3.63, 3.8) is 0 Å². The van der Waals surface area contributed by atoms with Gasteiger partial charge in [0, 0.05) is 6.54 Å². The van der Waals surface area contributed by atoms with Gasteiger partial charge in [-0.3, -0.25) is 4.79 Å². The van der Waals surface area contributed by atoms with Crippen molar-refractivity contribution in [2.24, 2.45) is 0 Å². The Morgan fingerprint density at radius 2 is 2.12 bits per heavy atom. The largest absolute Gasteiger partial charge is 0.370 e. The summed E-state index contributed by atoms with van der Waals surface area (Å²) in [7, 11) is -3.53. The van der Waals surface area contributed by atoms with Crippen LogP contribution in [0.1, 0.15) is 25.5 Å². The van der Waals surface area contributed by atoms with Crippen LogP contribution in [0.4, 0.5) is 4.39 Å². The number of rotatable bonds is 4. The summed E-state index contributed by atoms with van der Waals surface area (Å²) in [5.74, 6) is -0.878. The van der Waals surface area contributed by atoms with Crippen molar-refractivity contribution < 1.29 is 22.3 Å². The van der Waals surface area contributed by atoms with E-state index in [0.717, 1.165) is 6.26 Å². The van der Waals surface area contributed by atoms with E-state index in [1.165, 1.54) is 30.9 Å². The maximum Gasteiger partial charge on any atom is 0.243 e. The highest BCUT2D eigenvalue weighted by atomic mass is 35.5. The van der Waals surface area contributed by atoms with E-state index in [1.807, 2.05) is 0 Å². The lowest BCUT2D eigenvalue weighted by molar-refractivity contribution is -0.144. The predicted molar refractivity (Wildman–Crippen MR) is 88.7 cm³/mol. The Labute approximate surface area is 146 Å². The zero-order valence-corrected chi connectivity index (χ0v) is 15.2. The van der Waals surface area contributed by atoms with E-state index in [4.69, 9.17) is 16.3 Å². The van der Waals surface area contributed by atoms with Crippen LogP contribution in [0.25, 0.3) is 0 Å². The highest BCUT2D eigenvalue weighted by Crippen LogP contribution is 2.27. The molecule has 24 heavy (non-hydrogen) atoms. The van der Waals surface area contributed by atoms with E-state index in [-0.39, 0.29) is 17.5 Å². The van der Waals surface area contributed by atoms with Crippen LogP contribution in [0.15, 0.2) is 18.2 Å². The van der Waals surface area contributed by atoms with Crippen LogP contribution in [0, 0.1) is 5.82 Å². The monoisotopic (exact) mass is 378 g/mol. The Morgan fingerprint density at radius 1 is 1.46 bits per heavy atom. The first kappa shape index (κ1) is 19.1. The van der Waals surface area contributed by atoms with Crippen molar-refractivity contribution in [2.45, 2.75) is 25.5 Å². The van der Waals surface area contributed by atoms with Gasteiger partial charge in [0.2, 0.25) is 15.9 Å². The number of benzene rings is 1. The lowest BCUT2D eigenvalue weighted by atomic mass is 10.0. The fourth-order valence-electron chi connectivity index (χ4n) is 2.65. The predicted octanol–water partition coefficient (Wildman–Crippen LogP) is 1.71. The van der Waals surface area contributed by atoms with E-state index in [0.29, 0.717) is 18.7 Å². The molecule has 134 valence electrons. The molecule has 1 saturated heterocycles. The summed E-state index contributed by atoms with van der Waals surface area (Å²) in [4.78, 5) is 14.2. The molecule has 0 radical (unpaired) electrons. The smallest absolute Gasteiger partial charge is 0.243 e. The van der Waals surface area contributed by atoms with E-state index in [1.54, 1.807) is 6.07 Å². The Hall–Kier alpha value is -1.22. The molecule has 6 nitrogen and oxygen atoms in total. The van der Waals surface area contributed by atoms with Crippen LogP contribution in [0.5, 0.6) is 0 Å². The molecule has 1 aliphatic rings. The number of sulfonamides is 1. The topological polar surface area (TPSA) is 75.7 Å². The fourth-order valence-corrected chi connectivity index (χ4v) is 3.85. The second-order valence-corrected chi connectivity index (χ2v) is 8.44. The van der Waals surface area contributed by atoms with E-state index in [2.05, 4.69) is 4.72 Å². The molecule has 0 aromatic heterocycles. The molecule has 0 spiro atoms. The van der Waals surface area contributed by atoms with Gasteiger partial charge in [0.15, 0.2) is 0 Å². The highest BCUT2D eigenvalue weighted by molar-refractivity contribution is 7.88. The van der Waals surface area contributed by atoms with Gasteiger partial charge >= 0.3 is 0 Å². The Balaban J connectivity index is 2.15. The zero-order valence-electron chi connectivity index (χ0n) is 13.7. The third-order valence-corrected chi connectivity index (χ3v) is 4.82. The van der Waals surface area contributed by atoms with Gasteiger partial charge in [-0.2, -0.15) is 0 Å². The molecule has 1 amide bonds. The van der Waals surface area contributed by atoms with Crippen LogP contribution in [0.2, 0.25) is 5.02 Å². The summed E-state index contributed by atoms with van der Waals surface area (Å²) in [5, 5.41) is -0.0152. The normalized spacial score (nSPS) is 19.4. The second kappa shape index (κ2) is 6.95. The Bertz CT molecular complexity index is 739. The first-order valence-electron chi connectivity index (χ1n) is 7.34. The SMILES string of the molecule is CC(C)(NS(C)(=O)=O)C(=O)N1CCO[C@@H](c2ccc(F)c(Cl)c2)C1. The summed E-state index contributed by atoms with van der Waals surface area (Å²) >= 11 is 5.79. The van der Waals surface area contributed by atoms with Crippen LogP contribution in [-0.2, 0) is 19.6 Å². The molecule has 1 atom stereocenters. The van der Waals surface area contributed by atoms with E-state index >= 15 is 0 Å². The van der Waals surface area contributed by atoms with Gasteiger partial charge in [0.25, 0.3) is 0 Å². The minimum Gasteiger partial charge on any atom is -0.370 e. The third-order valence-electron chi connectivity index (χ3n) is 3.64. The van der Waals surface area contributed by atoms with Crippen molar-refractivity contribution >= 4 is 27.5 Å². The quantitative estimate of drug-likeness (QED) is 0.865. The van der Waals surface area contributed by atoms with Crippen LogP contribution >= 0.6 is 11.6 Å². The number of hydrogen-bond donors (Lipinski definition) is 1. The molecular weight excluding hydrogens is 359 g/mol. The Kier molecular flexibility index (Phi) is 5.54. The van der Waals surface area contributed by atoms with E-state index in [9.17, 15) is 17.6 Å². The number of hydrogen-bond acceptors (Lipinski definition) is 4. The summed E-state index contributed by atoms with van der Waals surface area (Å²) in [5.41, 5.74) is -0.608. The molecule has 1 heterocycles. The van der Waals surface area contributed by atoms with Gasteiger partial charge in [-0.25, -0.2) is 17.5 Å². The van der Waals surface area contributed by atoms with Crippen molar-refractivity contribution in [3.8, 4) is 0 Å². The summed E-state index contributed by atoms with van der Waals surface area (Å²) in [6.07, 6.45) is 0.555. The average Bonchev–Trinajstić information content (AvgIpc) is 2.47. The molecule has 1 aromatic rings. The number of carbonyl (C=O) groups is 1. The van der Waals surface area contributed by atoms with Crippen molar-refractivity contribution in [3.05, 3.63) is 34.6 Å². The number of carbonyl (C=O) groups excluding carboxylic acids is 1. The number of ether oxygens (including phenoxy) is 1. The number of morpholine rings is 1. The number of nitrogens with one attached hydrogen (secondary N) is 1. The van der Waals surface area contributed by atoms with Crippen LogP contribution in [0.3, 0.4) is 0 Å². The lowest BCUT2D eigenvalue weighted by Crippen LogP contribution is -2.57. The molecule has 0 saturated carbocycles. The van der Waals surface area contributed by atoms with Gasteiger partial charge in [0.05, 0.1) is 24.4 Å². The van der Waals surface area contributed by atoms with Gasteiger partial charge in [0.1, 0.15) is 17.5 Å². The number of halogens is 2. The maximum absolute atomic E-state index is 13.3. The van der Waals surface area contributed by atoms with Gasteiger partial charge in [-0.15, -0.1) is 0 Å². The average molecular weight is 379 g/mol. The van der Waals surface area contributed by atoms with Crippen molar-refractivity contribution in [1.82, 2.24) is 9.62 Å². The Morgan fingerprint density at radius 3 is 2.71 bits per heavy atom. The van der Waals surface area contributed by atoms with Gasteiger partial charge in [-0.1, -0.05) is 17.7 Å². The lowest BCUT2D eigenvalue weighted by Gasteiger charge is -2.37. The first-order valence-corrected chi connectivity index (χ1v) is 9.61. The maximum atomic E-state index is 13.3. The van der Waals surface area contributed by atoms with Crippen LogP contribution < -0.4 is 4.72 Å². The minimum atomic E-state index is -3.53. The summed E-state index contributed by atoms with van der Waals surface area (Å²) in [6, 6.07) is 4.27. The van der Waals surface area contributed by atoms with Crippen LogP contribution in [-0.4, -0.2) is 50.7 Å². The molecule has 1 N–H and O–H groups in total. The minimum absolute atomic E-state index is 0.0152. The standard InChI is InChI=1S/C15H20ClFN2O4S/c1-15(2,18-24(3,21)22)14(20)19-6-7-23-13(9-19)10-4-5-12(17)11(16)8-10/h4-5,8,13,18H,6-7,9H2,1-3H3/t13-/m1/s1. The second-order valence-electron chi connectivity index (χ2n) is 6.28. The molecule has 0 bridgehead atoms. The summed E-state index contributed by atoms with van der Waals surface area (Å²) < 4.78 is 44.1. The molecular formula is C15H20ClFN2O4S. The molecule has 1 aliphatic heterocycles. The number of nitrogens with zero attached hydrogens (tertiary/aromatic N) is 1. The van der Waals surface area contributed by atoms with Gasteiger partial charge in [-0.05, 0) is 31.5 Å². The van der Waals surface area contributed by atoms with Crippen molar-refractivity contribution in [2.75, 3.05) is 26.0 Å². The molecule has 1 fully saturated rings. The fraction of sp³-hybridized carbons (Fsp3) is 0.533. The first-order chi connectivity index (χ1) is 11.0. The van der Waals surface area contributed by atoms with E-state index < -0.39 is 27.5 Å². The molecule has 0 unspecified atom stereocenters. The zero-order chi connectivity index (χ0) is 18.1. The van der Waals surface area contributed by atoms with Gasteiger partial charge < -0.3 is 9.64 Å². The molecule has 1 aromatic carbocycles. The number of amides is 1. The van der Waals surface area contributed by atoms with Crippen molar-refractivity contribution in [1.29, 1.82) is 0 Å². The molecule has 2 rings (SSSR count). The molecule has 0 aliphatic carbocycles. The summed E-state index contributed by atoms with van der Waals surface area (Å²) in [6.45, 7) is 3.89. The highest BCUT2D eigenvalue weighted by Gasteiger charge is 2.37. The molecule has 9 heteroatoms.